The van der Waals surface area contributed by atoms with Crippen LogP contribution in [-0.4, -0.2) is 47.5 Å². The van der Waals surface area contributed by atoms with E-state index in [9.17, 15) is 4.79 Å². The monoisotopic (exact) mass is 379 g/mol. The fourth-order valence-corrected chi connectivity index (χ4v) is 4.89. The summed E-state index contributed by atoms with van der Waals surface area (Å²) in [4.78, 5) is 24.2. The van der Waals surface area contributed by atoms with Gasteiger partial charge in [0.25, 0.3) is 5.91 Å². The molecule has 146 valence electrons. The highest BCUT2D eigenvalue weighted by atomic mass is 16.2. The fraction of sp³-hybridized carbons (Fsp3) is 0.550. The first-order valence-corrected chi connectivity index (χ1v) is 10.3. The lowest BCUT2D eigenvalue weighted by atomic mass is 9.79. The molecule has 8 nitrogen and oxygen atoms in total. The van der Waals surface area contributed by atoms with E-state index in [1.54, 1.807) is 11.0 Å². The van der Waals surface area contributed by atoms with Gasteiger partial charge in [-0.05, 0) is 54.7 Å². The minimum Gasteiger partial charge on any atom is -0.340 e. The van der Waals surface area contributed by atoms with Gasteiger partial charge < -0.3 is 9.88 Å². The average Bonchev–Trinajstić information content (AvgIpc) is 3.44. The van der Waals surface area contributed by atoms with Crippen LogP contribution in [0.2, 0.25) is 0 Å². The molecule has 1 saturated carbocycles. The molecule has 2 fully saturated rings. The van der Waals surface area contributed by atoms with E-state index in [0.29, 0.717) is 0 Å². The quantitative estimate of drug-likeness (QED) is 0.755. The largest absolute Gasteiger partial charge is 0.340 e. The number of rotatable bonds is 3. The number of nitrogens with zero attached hydrogens (tertiary/aromatic N) is 6. The second kappa shape index (κ2) is 7.00. The summed E-state index contributed by atoms with van der Waals surface area (Å²) in [6.45, 7) is 0.754. The van der Waals surface area contributed by atoms with Gasteiger partial charge in [-0.1, -0.05) is 31.4 Å². The van der Waals surface area contributed by atoms with Gasteiger partial charge in [0.05, 0.1) is 17.1 Å². The number of carbonyl (C=O) groups is 1. The number of imidazole rings is 1. The van der Waals surface area contributed by atoms with Gasteiger partial charge in [-0.3, -0.25) is 4.79 Å². The summed E-state index contributed by atoms with van der Waals surface area (Å²) in [6.07, 6.45) is 9.44. The van der Waals surface area contributed by atoms with Gasteiger partial charge in [0.2, 0.25) is 0 Å². The van der Waals surface area contributed by atoms with Crippen molar-refractivity contribution >= 4 is 16.9 Å². The lowest BCUT2D eigenvalue weighted by Crippen LogP contribution is -2.54. The predicted molar refractivity (Wildman–Crippen MR) is 103 cm³/mol. The number of aromatic amines is 1. The average molecular weight is 379 g/mol. The molecule has 8 heteroatoms. The number of amides is 1. The maximum atomic E-state index is 13.9. The summed E-state index contributed by atoms with van der Waals surface area (Å²) in [6, 6.07) is 8.01. The summed E-state index contributed by atoms with van der Waals surface area (Å²) < 4.78 is 1.71. The molecule has 2 aliphatic rings. The molecule has 1 amide bonds. The summed E-state index contributed by atoms with van der Waals surface area (Å²) in [5, 5.41) is 11.8. The third-order valence-electron chi connectivity index (χ3n) is 6.35. The standard InChI is InChI=1S/C20H25N7O/c28-19(20(11-5-1-6-12-20)27-14-21-24-25-27)26-13-7-4-10-17(26)18-22-15-8-2-3-9-16(15)23-18/h2-3,8-9,14,17H,1,4-7,10-13H2,(H,22,23)/t17-/m1/s1. The fourth-order valence-electron chi connectivity index (χ4n) is 4.89. The maximum Gasteiger partial charge on any atom is 0.251 e. The zero-order chi connectivity index (χ0) is 19.0. The van der Waals surface area contributed by atoms with Crippen LogP contribution in [0.5, 0.6) is 0 Å². The number of likely N-dealkylation sites (tertiary alicyclic amines) is 1. The number of hydrogen-bond acceptors (Lipinski definition) is 5. The van der Waals surface area contributed by atoms with Crippen LogP contribution in [0.1, 0.15) is 63.2 Å². The van der Waals surface area contributed by atoms with Gasteiger partial charge in [-0.25, -0.2) is 9.67 Å². The van der Waals surface area contributed by atoms with Crippen molar-refractivity contribution in [1.82, 2.24) is 35.1 Å². The van der Waals surface area contributed by atoms with E-state index >= 15 is 0 Å². The van der Waals surface area contributed by atoms with Crippen molar-refractivity contribution in [3.63, 3.8) is 0 Å². The molecule has 3 aromatic rings. The molecule has 5 rings (SSSR count). The van der Waals surface area contributed by atoms with E-state index in [1.165, 1.54) is 0 Å². The van der Waals surface area contributed by atoms with Crippen LogP contribution >= 0.6 is 0 Å². The summed E-state index contributed by atoms with van der Waals surface area (Å²) in [7, 11) is 0. The van der Waals surface area contributed by atoms with Crippen molar-refractivity contribution in [3.05, 3.63) is 36.4 Å². The van der Waals surface area contributed by atoms with Crippen molar-refractivity contribution in [2.24, 2.45) is 0 Å². The Morgan fingerprint density at radius 2 is 1.96 bits per heavy atom. The van der Waals surface area contributed by atoms with Crippen LogP contribution < -0.4 is 0 Å². The summed E-state index contributed by atoms with van der Waals surface area (Å²) in [5.41, 5.74) is 1.30. The van der Waals surface area contributed by atoms with Crippen LogP contribution in [0.15, 0.2) is 30.6 Å². The summed E-state index contributed by atoms with van der Waals surface area (Å²) in [5.74, 6) is 1.03. The van der Waals surface area contributed by atoms with Gasteiger partial charge in [-0.2, -0.15) is 0 Å². The van der Waals surface area contributed by atoms with Gasteiger partial charge in [0.15, 0.2) is 0 Å². The van der Waals surface area contributed by atoms with Crippen molar-refractivity contribution in [2.45, 2.75) is 62.9 Å². The molecule has 0 radical (unpaired) electrons. The zero-order valence-corrected chi connectivity index (χ0v) is 15.9. The van der Waals surface area contributed by atoms with Crippen LogP contribution in [-0.2, 0) is 10.3 Å². The number of tetrazole rings is 1. The van der Waals surface area contributed by atoms with E-state index in [4.69, 9.17) is 4.98 Å². The Morgan fingerprint density at radius 3 is 2.75 bits per heavy atom. The SMILES string of the molecule is O=C(N1CCCC[C@@H]1c1nc2ccccc2[nH]1)C1(n2cnnn2)CCCCC1. The van der Waals surface area contributed by atoms with E-state index in [0.717, 1.165) is 74.8 Å². The Bertz CT molecular complexity index is 925. The number of hydrogen-bond donors (Lipinski definition) is 1. The molecule has 1 N–H and O–H groups in total. The second-order valence-corrected chi connectivity index (χ2v) is 8.00. The first kappa shape index (κ1) is 17.3. The molecule has 0 unspecified atom stereocenters. The molecular formula is C20H25N7O. The first-order chi connectivity index (χ1) is 13.8. The first-order valence-electron chi connectivity index (χ1n) is 10.3. The zero-order valence-electron chi connectivity index (χ0n) is 15.9. The molecule has 1 aromatic carbocycles. The third-order valence-corrected chi connectivity index (χ3v) is 6.35. The molecule has 1 saturated heterocycles. The van der Waals surface area contributed by atoms with Gasteiger partial charge >= 0.3 is 0 Å². The Labute approximate surface area is 163 Å². The third kappa shape index (κ3) is 2.78. The highest BCUT2D eigenvalue weighted by molar-refractivity contribution is 5.85. The molecule has 2 aromatic heterocycles. The number of H-pyrrole nitrogens is 1. The van der Waals surface area contributed by atoms with Crippen molar-refractivity contribution in [1.29, 1.82) is 0 Å². The number of nitrogens with one attached hydrogen (secondary N) is 1. The lowest BCUT2D eigenvalue weighted by molar-refractivity contribution is -0.148. The van der Waals surface area contributed by atoms with Crippen molar-refractivity contribution in [2.75, 3.05) is 6.54 Å². The molecule has 28 heavy (non-hydrogen) atoms. The predicted octanol–water partition coefficient (Wildman–Crippen LogP) is 2.96. The smallest absolute Gasteiger partial charge is 0.251 e. The number of para-hydroxylation sites is 2. The topological polar surface area (TPSA) is 92.6 Å². The Balaban J connectivity index is 1.52. The summed E-state index contributed by atoms with van der Waals surface area (Å²) >= 11 is 0. The lowest BCUT2D eigenvalue weighted by Gasteiger charge is -2.43. The Hall–Kier alpha value is -2.77. The minimum absolute atomic E-state index is 0.0241. The van der Waals surface area contributed by atoms with Crippen LogP contribution in [0.25, 0.3) is 11.0 Å². The van der Waals surface area contributed by atoms with Crippen LogP contribution in [0, 0.1) is 0 Å². The molecule has 0 bridgehead atoms. The van der Waals surface area contributed by atoms with Crippen molar-refractivity contribution < 1.29 is 4.79 Å². The number of fused-ring (bicyclic) bond motifs is 1. The highest BCUT2D eigenvalue weighted by Crippen LogP contribution is 2.40. The molecule has 1 aliphatic heterocycles. The highest BCUT2D eigenvalue weighted by Gasteiger charge is 2.47. The van der Waals surface area contributed by atoms with E-state index in [1.807, 2.05) is 29.2 Å². The van der Waals surface area contributed by atoms with Gasteiger partial charge in [0.1, 0.15) is 17.7 Å². The number of piperidine rings is 1. The molecule has 1 atom stereocenters. The van der Waals surface area contributed by atoms with Crippen molar-refractivity contribution in [3.8, 4) is 0 Å². The molecule has 3 heterocycles. The number of aromatic nitrogens is 6. The van der Waals surface area contributed by atoms with Gasteiger partial charge in [0, 0.05) is 6.54 Å². The number of benzene rings is 1. The van der Waals surface area contributed by atoms with Crippen LogP contribution in [0.3, 0.4) is 0 Å². The maximum absolute atomic E-state index is 13.9. The number of carbonyl (C=O) groups excluding carboxylic acids is 1. The minimum atomic E-state index is -0.663. The molecule has 0 spiro atoms. The van der Waals surface area contributed by atoms with Crippen LogP contribution in [0.4, 0.5) is 0 Å². The molecular weight excluding hydrogens is 354 g/mol. The Morgan fingerprint density at radius 1 is 1.11 bits per heavy atom. The second-order valence-electron chi connectivity index (χ2n) is 8.00. The van der Waals surface area contributed by atoms with E-state index in [2.05, 4.69) is 20.5 Å². The normalized spacial score (nSPS) is 22.4. The molecule has 1 aliphatic carbocycles. The Kier molecular flexibility index (Phi) is 4.33. The van der Waals surface area contributed by atoms with E-state index in [-0.39, 0.29) is 11.9 Å². The van der Waals surface area contributed by atoms with E-state index < -0.39 is 5.54 Å². The van der Waals surface area contributed by atoms with Gasteiger partial charge in [-0.15, -0.1) is 5.10 Å².